The quantitative estimate of drug-likeness (QED) is 0.919. The zero-order valence-corrected chi connectivity index (χ0v) is 12.8. The zero-order valence-electron chi connectivity index (χ0n) is 11.2. The Morgan fingerprint density at radius 3 is 2.95 bits per heavy atom. The average Bonchev–Trinajstić information content (AvgIpc) is 2.96. The maximum Gasteiger partial charge on any atom is 0.244 e. The molecule has 0 radical (unpaired) electrons. The highest BCUT2D eigenvalue weighted by molar-refractivity contribution is 7.89. The van der Waals surface area contributed by atoms with E-state index in [2.05, 4.69) is 0 Å². The Kier molecular flexibility index (Phi) is 4.14. The first-order chi connectivity index (χ1) is 9.63. The summed E-state index contributed by atoms with van der Waals surface area (Å²) in [6.45, 7) is 0.778. The standard InChI is InChI=1S/C13H19NO4S2/c15-8-10-7-11(9-19-10)20(16,17)14-5-6-18-13-4-2-1-3-12(13)14/h7,9,12-13,15H,1-6,8H2. The molecule has 5 nitrogen and oxygen atoms in total. The Bertz CT molecular complexity index is 567. The van der Waals surface area contributed by atoms with Crippen LogP contribution in [-0.4, -0.2) is 43.1 Å². The SMILES string of the molecule is O=S(=O)(c1csc(CO)c1)N1CCOC2CCCCC21. The molecule has 1 saturated carbocycles. The summed E-state index contributed by atoms with van der Waals surface area (Å²) >= 11 is 1.28. The molecule has 1 saturated heterocycles. The Labute approximate surface area is 123 Å². The van der Waals surface area contributed by atoms with Gasteiger partial charge in [-0.05, 0) is 18.9 Å². The lowest BCUT2D eigenvalue weighted by molar-refractivity contribution is -0.0586. The number of ether oxygens (including phenoxy) is 1. The van der Waals surface area contributed by atoms with Gasteiger partial charge in [0.25, 0.3) is 0 Å². The zero-order chi connectivity index (χ0) is 14.2. The van der Waals surface area contributed by atoms with Crippen molar-refractivity contribution in [2.24, 2.45) is 0 Å². The number of aliphatic hydroxyl groups excluding tert-OH is 1. The molecule has 2 heterocycles. The fraction of sp³-hybridized carbons (Fsp3) is 0.692. The molecule has 2 unspecified atom stereocenters. The van der Waals surface area contributed by atoms with Gasteiger partial charge in [0.05, 0.1) is 30.3 Å². The van der Waals surface area contributed by atoms with Gasteiger partial charge in [-0.1, -0.05) is 12.8 Å². The number of nitrogens with zero attached hydrogens (tertiary/aromatic N) is 1. The van der Waals surface area contributed by atoms with Crippen molar-refractivity contribution in [1.29, 1.82) is 0 Å². The molecular formula is C13H19NO4S2. The van der Waals surface area contributed by atoms with E-state index >= 15 is 0 Å². The molecule has 1 aliphatic heterocycles. The molecule has 1 N–H and O–H groups in total. The smallest absolute Gasteiger partial charge is 0.244 e. The largest absolute Gasteiger partial charge is 0.391 e. The summed E-state index contributed by atoms with van der Waals surface area (Å²) in [5, 5.41) is 10.7. The van der Waals surface area contributed by atoms with Gasteiger partial charge < -0.3 is 9.84 Å². The topological polar surface area (TPSA) is 66.8 Å². The summed E-state index contributed by atoms with van der Waals surface area (Å²) in [6.07, 6.45) is 4.04. The number of sulfonamides is 1. The van der Waals surface area contributed by atoms with E-state index in [4.69, 9.17) is 9.84 Å². The van der Waals surface area contributed by atoms with E-state index in [0.717, 1.165) is 25.7 Å². The highest BCUT2D eigenvalue weighted by Crippen LogP contribution is 2.33. The van der Waals surface area contributed by atoms with E-state index in [1.54, 1.807) is 15.8 Å². The molecular weight excluding hydrogens is 298 g/mol. The van der Waals surface area contributed by atoms with Crippen LogP contribution >= 0.6 is 11.3 Å². The molecule has 2 aliphatic rings. The molecule has 2 fully saturated rings. The van der Waals surface area contributed by atoms with E-state index in [9.17, 15) is 8.42 Å². The second-order valence-electron chi connectivity index (χ2n) is 5.28. The number of rotatable bonds is 3. The van der Waals surface area contributed by atoms with Crippen LogP contribution in [0.5, 0.6) is 0 Å². The third-order valence-electron chi connectivity index (χ3n) is 4.07. The van der Waals surface area contributed by atoms with Gasteiger partial charge >= 0.3 is 0 Å². The summed E-state index contributed by atoms with van der Waals surface area (Å²) in [6, 6.07) is 1.55. The van der Waals surface area contributed by atoms with Gasteiger partial charge in [0, 0.05) is 16.8 Å². The fourth-order valence-corrected chi connectivity index (χ4v) is 5.86. The molecule has 1 aromatic heterocycles. The van der Waals surface area contributed by atoms with E-state index < -0.39 is 10.0 Å². The minimum atomic E-state index is -3.47. The van der Waals surface area contributed by atoms with Crippen LogP contribution in [-0.2, 0) is 21.4 Å². The van der Waals surface area contributed by atoms with Crippen molar-refractivity contribution in [1.82, 2.24) is 4.31 Å². The van der Waals surface area contributed by atoms with E-state index in [0.29, 0.717) is 22.9 Å². The van der Waals surface area contributed by atoms with Gasteiger partial charge in [0.15, 0.2) is 0 Å². The van der Waals surface area contributed by atoms with Crippen molar-refractivity contribution in [2.45, 2.75) is 49.3 Å². The first-order valence-electron chi connectivity index (χ1n) is 6.94. The number of hydrogen-bond acceptors (Lipinski definition) is 5. The van der Waals surface area contributed by atoms with Gasteiger partial charge in [0.2, 0.25) is 10.0 Å². The summed E-state index contributed by atoms with van der Waals surface area (Å²) in [5.74, 6) is 0. The molecule has 0 aromatic carbocycles. The van der Waals surface area contributed by atoms with Crippen LogP contribution in [0, 0.1) is 0 Å². The van der Waals surface area contributed by atoms with Gasteiger partial charge in [0.1, 0.15) is 0 Å². The number of fused-ring (bicyclic) bond motifs is 1. The van der Waals surface area contributed by atoms with Gasteiger partial charge in [-0.15, -0.1) is 11.3 Å². The number of hydrogen-bond donors (Lipinski definition) is 1. The second kappa shape index (κ2) is 5.73. The first-order valence-corrected chi connectivity index (χ1v) is 9.26. The maximum atomic E-state index is 12.8. The van der Waals surface area contributed by atoms with Crippen LogP contribution in [0.15, 0.2) is 16.3 Å². The van der Waals surface area contributed by atoms with E-state index in [1.165, 1.54) is 11.3 Å². The van der Waals surface area contributed by atoms with Gasteiger partial charge in [-0.3, -0.25) is 0 Å². The Morgan fingerprint density at radius 1 is 1.40 bits per heavy atom. The number of thiophene rings is 1. The van der Waals surface area contributed by atoms with Crippen LogP contribution in [0.2, 0.25) is 0 Å². The number of aliphatic hydroxyl groups is 1. The fourth-order valence-electron chi connectivity index (χ4n) is 3.07. The average molecular weight is 317 g/mol. The summed E-state index contributed by atoms with van der Waals surface area (Å²) < 4.78 is 32.9. The van der Waals surface area contributed by atoms with Gasteiger partial charge in [-0.2, -0.15) is 4.31 Å². The lowest BCUT2D eigenvalue weighted by atomic mass is 9.91. The minimum Gasteiger partial charge on any atom is -0.391 e. The van der Waals surface area contributed by atoms with Crippen molar-refractivity contribution in [2.75, 3.05) is 13.2 Å². The van der Waals surface area contributed by atoms with Crippen LogP contribution in [0.3, 0.4) is 0 Å². The minimum absolute atomic E-state index is 0.0278. The molecule has 20 heavy (non-hydrogen) atoms. The van der Waals surface area contributed by atoms with E-state index in [1.807, 2.05) is 0 Å². The van der Waals surface area contributed by atoms with Crippen molar-refractivity contribution in [3.05, 3.63) is 16.3 Å². The summed E-state index contributed by atoms with van der Waals surface area (Å²) in [5.41, 5.74) is 0. The molecule has 3 rings (SSSR count). The van der Waals surface area contributed by atoms with Crippen LogP contribution in [0.4, 0.5) is 0 Å². The van der Waals surface area contributed by atoms with Crippen LogP contribution < -0.4 is 0 Å². The van der Waals surface area contributed by atoms with Crippen molar-refractivity contribution in [3.8, 4) is 0 Å². The van der Waals surface area contributed by atoms with Crippen molar-refractivity contribution in [3.63, 3.8) is 0 Å². The van der Waals surface area contributed by atoms with Crippen LogP contribution in [0.25, 0.3) is 0 Å². The Morgan fingerprint density at radius 2 is 2.20 bits per heavy atom. The molecule has 0 amide bonds. The van der Waals surface area contributed by atoms with Crippen molar-refractivity contribution < 1.29 is 18.3 Å². The third kappa shape index (κ3) is 2.53. The highest BCUT2D eigenvalue weighted by atomic mass is 32.2. The summed E-state index contributed by atoms with van der Waals surface area (Å²) in [4.78, 5) is 0.981. The predicted octanol–water partition coefficient (Wildman–Crippen LogP) is 1.57. The monoisotopic (exact) mass is 317 g/mol. The Hall–Kier alpha value is -0.470. The molecule has 0 spiro atoms. The lowest BCUT2D eigenvalue weighted by Crippen LogP contribution is -2.54. The maximum absolute atomic E-state index is 12.8. The second-order valence-corrected chi connectivity index (χ2v) is 8.17. The van der Waals surface area contributed by atoms with Crippen LogP contribution in [0.1, 0.15) is 30.6 Å². The van der Waals surface area contributed by atoms with Crippen molar-refractivity contribution >= 4 is 21.4 Å². The molecule has 1 aromatic rings. The first kappa shape index (κ1) is 14.5. The molecule has 7 heteroatoms. The molecule has 0 bridgehead atoms. The Balaban J connectivity index is 1.89. The molecule has 1 aliphatic carbocycles. The van der Waals surface area contributed by atoms with Gasteiger partial charge in [-0.25, -0.2) is 8.42 Å². The van der Waals surface area contributed by atoms with E-state index in [-0.39, 0.29) is 18.8 Å². The predicted molar refractivity (Wildman–Crippen MR) is 76.1 cm³/mol. The molecule has 112 valence electrons. The summed E-state index contributed by atoms with van der Waals surface area (Å²) in [7, 11) is -3.47. The number of morpholine rings is 1. The molecule has 2 atom stereocenters. The third-order valence-corrected chi connectivity index (χ3v) is 7.05. The highest BCUT2D eigenvalue weighted by Gasteiger charge is 2.41. The normalized spacial score (nSPS) is 28.2. The lowest BCUT2D eigenvalue weighted by Gasteiger charge is -2.42.